The number of benzene rings is 1. The monoisotopic (exact) mass is 214 g/mol. The van der Waals surface area contributed by atoms with E-state index in [1.165, 1.54) is 11.1 Å². The highest BCUT2D eigenvalue weighted by atomic mass is 16.5. The van der Waals surface area contributed by atoms with Crippen molar-refractivity contribution in [2.45, 2.75) is 12.2 Å². The summed E-state index contributed by atoms with van der Waals surface area (Å²) in [6, 6.07) is 6.04. The van der Waals surface area contributed by atoms with Gasteiger partial charge in [0.25, 0.3) is 0 Å². The van der Waals surface area contributed by atoms with Gasteiger partial charge in [0.05, 0.1) is 18.8 Å². The Labute approximate surface area is 95.2 Å². The fraction of sp³-hybridized carbons (Fsp3) is 0.385. The van der Waals surface area contributed by atoms with Crippen LogP contribution in [0.4, 0.5) is 5.69 Å². The van der Waals surface area contributed by atoms with Gasteiger partial charge in [0, 0.05) is 18.8 Å². The van der Waals surface area contributed by atoms with Gasteiger partial charge in [0.1, 0.15) is 0 Å². The van der Waals surface area contributed by atoms with E-state index in [9.17, 15) is 0 Å². The number of fused-ring (bicyclic) bond motifs is 5. The molecule has 2 unspecified atom stereocenters. The minimum atomic E-state index is 0.144. The Bertz CT molecular complexity index is 463. The smallest absolute Gasteiger partial charge is 0.0965 e. The lowest BCUT2D eigenvalue weighted by Gasteiger charge is -2.30. The number of nitrogens with zero attached hydrogens (tertiary/aromatic N) is 1. The van der Waals surface area contributed by atoms with E-state index >= 15 is 0 Å². The number of hydrogen-bond acceptors (Lipinski definition) is 3. The number of anilines is 1. The standard InChI is InChI=1S/C13H14N2O/c1-2-5-15-7-12-10-4-3-9(14)6-11(10)13(8-15)16-12/h1,3-4,6,12-13H,5,7-8,14H2. The van der Waals surface area contributed by atoms with E-state index in [0.717, 1.165) is 18.8 Å². The van der Waals surface area contributed by atoms with Crippen molar-refractivity contribution in [2.24, 2.45) is 0 Å². The van der Waals surface area contributed by atoms with Gasteiger partial charge in [-0.05, 0) is 23.3 Å². The van der Waals surface area contributed by atoms with Crippen molar-refractivity contribution in [1.82, 2.24) is 4.90 Å². The van der Waals surface area contributed by atoms with Gasteiger partial charge in [-0.1, -0.05) is 12.0 Å². The molecule has 2 heterocycles. The maximum absolute atomic E-state index is 5.93. The Morgan fingerprint density at radius 3 is 2.88 bits per heavy atom. The molecule has 1 fully saturated rings. The second kappa shape index (κ2) is 3.51. The summed E-state index contributed by atoms with van der Waals surface area (Å²) in [5, 5.41) is 0. The molecule has 3 heteroatoms. The SMILES string of the molecule is C#CCN1CC2OC(C1)c1cc(N)ccc12. The molecule has 2 bridgehead atoms. The first-order chi connectivity index (χ1) is 7.78. The molecule has 0 spiro atoms. The number of hydrogen-bond donors (Lipinski definition) is 1. The first-order valence-electron chi connectivity index (χ1n) is 5.48. The molecule has 0 amide bonds. The zero-order chi connectivity index (χ0) is 11.1. The maximum atomic E-state index is 5.93. The van der Waals surface area contributed by atoms with Crippen molar-refractivity contribution in [1.29, 1.82) is 0 Å². The van der Waals surface area contributed by atoms with Crippen LogP contribution < -0.4 is 5.73 Å². The van der Waals surface area contributed by atoms with Crippen molar-refractivity contribution in [3.05, 3.63) is 29.3 Å². The summed E-state index contributed by atoms with van der Waals surface area (Å²) in [4.78, 5) is 2.26. The molecule has 1 aromatic rings. The van der Waals surface area contributed by atoms with Gasteiger partial charge in [0.2, 0.25) is 0 Å². The molecule has 2 N–H and O–H groups in total. The summed E-state index contributed by atoms with van der Waals surface area (Å²) in [6.07, 6.45) is 5.66. The summed E-state index contributed by atoms with van der Waals surface area (Å²) in [7, 11) is 0. The van der Waals surface area contributed by atoms with Crippen LogP contribution in [0.2, 0.25) is 0 Å². The molecule has 0 aliphatic carbocycles. The molecule has 3 nitrogen and oxygen atoms in total. The zero-order valence-electron chi connectivity index (χ0n) is 9.02. The number of nitrogen functional groups attached to an aromatic ring is 1. The summed E-state index contributed by atoms with van der Waals surface area (Å²) >= 11 is 0. The molecule has 0 saturated carbocycles. The Morgan fingerprint density at radius 1 is 1.38 bits per heavy atom. The predicted octanol–water partition coefficient (Wildman–Crippen LogP) is 1.33. The molecule has 16 heavy (non-hydrogen) atoms. The lowest BCUT2D eigenvalue weighted by Crippen LogP contribution is -2.36. The minimum Gasteiger partial charge on any atom is -0.399 e. The third-order valence-corrected chi connectivity index (χ3v) is 3.30. The van der Waals surface area contributed by atoms with E-state index < -0.39 is 0 Å². The fourth-order valence-corrected chi connectivity index (χ4v) is 2.59. The summed E-state index contributed by atoms with van der Waals surface area (Å²) in [5.41, 5.74) is 9.13. The third kappa shape index (κ3) is 1.39. The molecule has 2 aliphatic heterocycles. The Kier molecular flexibility index (Phi) is 2.13. The minimum absolute atomic E-state index is 0.144. The molecule has 1 aromatic carbocycles. The Hall–Kier alpha value is -1.50. The van der Waals surface area contributed by atoms with Crippen LogP contribution in [0, 0.1) is 12.3 Å². The van der Waals surface area contributed by atoms with Crippen LogP contribution >= 0.6 is 0 Å². The predicted molar refractivity (Wildman–Crippen MR) is 62.7 cm³/mol. The van der Waals surface area contributed by atoms with Gasteiger partial charge in [-0.2, -0.15) is 0 Å². The van der Waals surface area contributed by atoms with E-state index in [-0.39, 0.29) is 12.2 Å². The molecule has 3 rings (SSSR count). The van der Waals surface area contributed by atoms with Crippen LogP contribution in [0.5, 0.6) is 0 Å². The van der Waals surface area contributed by atoms with Gasteiger partial charge < -0.3 is 10.5 Å². The van der Waals surface area contributed by atoms with Crippen molar-refractivity contribution in [3.63, 3.8) is 0 Å². The molecular weight excluding hydrogens is 200 g/mol. The number of nitrogens with two attached hydrogens (primary N) is 1. The lowest BCUT2D eigenvalue weighted by atomic mass is 10.0. The van der Waals surface area contributed by atoms with Crippen molar-refractivity contribution < 1.29 is 4.74 Å². The summed E-state index contributed by atoms with van der Waals surface area (Å²) < 4.78 is 5.93. The Balaban J connectivity index is 1.94. The van der Waals surface area contributed by atoms with Gasteiger partial charge in [-0.3, -0.25) is 4.90 Å². The number of rotatable bonds is 1. The van der Waals surface area contributed by atoms with Crippen molar-refractivity contribution in [2.75, 3.05) is 25.4 Å². The van der Waals surface area contributed by atoms with Gasteiger partial charge in [-0.15, -0.1) is 6.42 Å². The quantitative estimate of drug-likeness (QED) is 0.566. The molecule has 1 saturated heterocycles. The van der Waals surface area contributed by atoms with Crippen LogP contribution in [-0.4, -0.2) is 24.5 Å². The number of terminal acetylenes is 1. The fourth-order valence-electron chi connectivity index (χ4n) is 2.59. The zero-order valence-corrected chi connectivity index (χ0v) is 9.02. The first kappa shape index (κ1) is 9.71. The van der Waals surface area contributed by atoms with E-state index in [1.807, 2.05) is 12.1 Å². The lowest BCUT2D eigenvalue weighted by molar-refractivity contribution is -0.0637. The van der Waals surface area contributed by atoms with Crippen molar-refractivity contribution >= 4 is 5.69 Å². The first-order valence-corrected chi connectivity index (χ1v) is 5.48. The summed E-state index contributed by atoms with van der Waals surface area (Å²) in [5.74, 6) is 2.69. The molecule has 82 valence electrons. The van der Waals surface area contributed by atoms with Gasteiger partial charge in [-0.25, -0.2) is 0 Å². The highest BCUT2D eigenvalue weighted by Crippen LogP contribution is 2.43. The highest BCUT2D eigenvalue weighted by molar-refractivity contribution is 5.48. The van der Waals surface area contributed by atoms with E-state index in [2.05, 4.69) is 16.9 Å². The molecular formula is C13H14N2O. The average molecular weight is 214 g/mol. The van der Waals surface area contributed by atoms with E-state index in [1.54, 1.807) is 0 Å². The third-order valence-electron chi connectivity index (χ3n) is 3.30. The molecule has 0 radical (unpaired) electrons. The number of morpholine rings is 1. The van der Waals surface area contributed by atoms with Gasteiger partial charge >= 0.3 is 0 Å². The average Bonchev–Trinajstić information content (AvgIpc) is 2.52. The van der Waals surface area contributed by atoms with Crippen molar-refractivity contribution in [3.8, 4) is 12.3 Å². The van der Waals surface area contributed by atoms with Gasteiger partial charge in [0.15, 0.2) is 0 Å². The molecule has 0 aromatic heterocycles. The van der Waals surface area contributed by atoms with E-state index in [0.29, 0.717) is 6.54 Å². The second-order valence-corrected chi connectivity index (χ2v) is 4.40. The highest BCUT2D eigenvalue weighted by Gasteiger charge is 2.38. The van der Waals surface area contributed by atoms with Crippen LogP contribution in [0.25, 0.3) is 0 Å². The van der Waals surface area contributed by atoms with Crippen LogP contribution in [-0.2, 0) is 4.74 Å². The van der Waals surface area contributed by atoms with E-state index in [4.69, 9.17) is 16.9 Å². The molecule has 2 atom stereocenters. The normalized spacial score (nSPS) is 27.4. The van der Waals surface area contributed by atoms with Crippen LogP contribution in [0.15, 0.2) is 18.2 Å². The Morgan fingerprint density at radius 2 is 2.12 bits per heavy atom. The maximum Gasteiger partial charge on any atom is 0.0965 e. The number of ether oxygens (including phenoxy) is 1. The largest absolute Gasteiger partial charge is 0.399 e. The molecule has 2 aliphatic rings. The second-order valence-electron chi connectivity index (χ2n) is 4.40. The topological polar surface area (TPSA) is 38.5 Å². The summed E-state index contributed by atoms with van der Waals surface area (Å²) in [6.45, 7) is 2.45. The van der Waals surface area contributed by atoms with Crippen LogP contribution in [0.3, 0.4) is 0 Å². The van der Waals surface area contributed by atoms with Crippen LogP contribution in [0.1, 0.15) is 23.3 Å².